The number of thiophene rings is 1. The van der Waals surface area contributed by atoms with Gasteiger partial charge in [0.25, 0.3) is 0 Å². The average molecular weight is 246 g/mol. The van der Waals surface area contributed by atoms with Crippen LogP contribution in [0.3, 0.4) is 0 Å². The Balaban J connectivity index is 1.92. The third-order valence-corrected chi connectivity index (χ3v) is 3.49. The molecular weight excluding hydrogens is 236 g/mol. The molecule has 0 aliphatic heterocycles. The predicted octanol–water partition coefficient (Wildman–Crippen LogP) is 2.60. The van der Waals surface area contributed by atoms with Crippen molar-refractivity contribution in [2.45, 2.75) is 13.5 Å². The molecule has 0 saturated carbocycles. The van der Waals surface area contributed by atoms with Crippen LogP contribution in [0, 0.1) is 6.92 Å². The van der Waals surface area contributed by atoms with E-state index in [0.717, 1.165) is 21.7 Å². The van der Waals surface area contributed by atoms with Gasteiger partial charge in [0.05, 0.1) is 11.9 Å². The Labute approximate surface area is 101 Å². The van der Waals surface area contributed by atoms with E-state index in [1.54, 1.807) is 23.9 Å². The summed E-state index contributed by atoms with van der Waals surface area (Å²) in [5, 5.41) is 10.3. The fourth-order valence-corrected chi connectivity index (χ4v) is 2.54. The lowest BCUT2D eigenvalue weighted by Crippen LogP contribution is -2.02. The van der Waals surface area contributed by atoms with Gasteiger partial charge in [-0.05, 0) is 17.9 Å². The number of hydrogen-bond donors (Lipinski definition) is 1. The first-order chi connectivity index (χ1) is 8.34. The fraction of sp³-hybridized carbons (Fsp3) is 0.182. The molecule has 0 fully saturated rings. The number of nitrogens with zero attached hydrogens (tertiary/aromatic N) is 3. The largest absolute Gasteiger partial charge is 0.364 e. The summed E-state index contributed by atoms with van der Waals surface area (Å²) in [7, 11) is 0. The standard InChI is InChI=1S/C11H10N4OS/c1-7-5-17-11-9(7)10(13-6-14-11)12-4-8-2-3-16-15-8/h2-3,5-6H,4H2,1H3,(H,12,13,14). The molecule has 3 aromatic heterocycles. The van der Waals surface area contributed by atoms with E-state index < -0.39 is 0 Å². The van der Waals surface area contributed by atoms with E-state index in [2.05, 4.69) is 32.7 Å². The van der Waals surface area contributed by atoms with Crippen LogP contribution in [0.5, 0.6) is 0 Å². The lowest BCUT2D eigenvalue weighted by atomic mass is 10.2. The minimum absolute atomic E-state index is 0.595. The minimum Gasteiger partial charge on any atom is -0.364 e. The Morgan fingerprint density at radius 1 is 1.41 bits per heavy atom. The maximum Gasteiger partial charge on any atom is 0.138 e. The molecule has 0 spiro atoms. The van der Waals surface area contributed by atoms with Crippen molar-refractivity contribution in [3.63, 3.8) is 0 Å². The molecule has 0 atom stereocenters. The Morgan fingerprint density at radius 3 is 3.18 bits per heavy atom. The van der Waals surface area contributed by atoms with Crippen LogP contribution in [0.4, 0.5) is 5.82 Å². The Kier molecular flexibility index (Phi) is 2.49. The molecule has 1 N–H and O–H groups in total. The van der Waals surface area contributed by atoms with Crippen molar-refractivity contribution < 1.29 is 4.52 Å². The summed E-state index contributed by atoms with van der Waals surface area (Å²) in [4.78, 5) is 9.51. The molecule has 0 aromatic carbocycles. The lowest BCUT2D eigenvalue weighted by Gasteiger charge is -2.04. The van der Waals surface area contributed by atoms with Crippen molar-refractivity contribution >= 4 is 27.4 Å². The van der Waals surface area contributed by atoms with Gasteiger partial charge in [-0.15, -0.1) is 11.3 Å². The fourth-order valence-electron chi connectivity index (χ4n) is 1.65. The SMILES string of the molecule is Cc1csc2ncnc(NCc3ccon3)c12. The maximum atomic E-state index is 4.78. The van der Waals surface area contributed by atoms with Crippen LogP contribution in [-0.4, -0.2) is 15.1 Å². The Bertz CT molecular complexity index is 632. The molecule has 0 aliphatic rings. The van der Waals surface area contributed by atoms with Gasteiger partial charge < -0.3 is 9.84 Å². The molecule has 0 amide bonds. The first-order valence-electron chi connectivity index (χ1n) is 5.16. The summed E-state index contributed by atoms with van der Waals surface area (Å²) in [6.45, 7) is 2.65. The molecule has 0 saturated heterocycles. The Hall–Kier alpha value is -1.95. The molecular formula is C11H10N4OS. The smallest absolute Gasteiger partial charge is 0.138 e. The lowest BCUT2D eigenvalue weighted by molar-refractivity contribution is 0.412. The van der Waals surface area contributed by atoms with Crippen molar-refractivity contribution in [3.8, 4) is 0 Å². The highest BCUT2D eigenvalue weighted by atomic mass is 32.1. The van der Waals surface area contributed by atoms with Crippen LogP contribution in [0.15, 0.2) is 28.6 Å². The van der Waals surface area contributed by atoms with Gasteiger partial charge in [0.1, 0.15) is 28.9 Å². The molecule has 86 valence electrons. The number of nitrogens with one attached hydrogen (secondary N) is 1. The van der Waals surface area contributed by atoms with Crippen LogP contribution in [-0.2, 0) is 6.54 Å². The molecule has 0 radical (unpaired) electrons. The second kappa shape index (κ2) is 4.14. The highest BCUT2D eigenvalue weighted by Gasteiger charge is 2.08. The summed E-state index contributed by atoms with van der Waals surface area (Å²) >= 11 is 1.63. The first kappa shape index (κ1) is 10.2. The zero-order chi connectivity index (χ0) is 11.7. The minimum atomic E-state index is 0.595. The quantitative estimate of drug-likeness (QED) is 0.769. The van der Waals surface area contributed by atoms with Crippen molar-refractivity contribution in [1.82, 2.24) is 15.1 Å². The van der Waals surface area contributed by atoms with Crippen molar-refractivity contribution in [3.05, 3.63) is 35.3 Å². The Morgan fingerprint density at radius 2 is 2.35 bits per heavy atom. The highest BCUT2D eigenvalue weighted by molar-refractivity contribution is 7.17. The summed E-state index contributed by atoms with van der Waals surface area (Å²) in [5.41, 5.74) is 2.04. The van der Waals surface area contributed by atoms with Crippen LogP contribution < -0.4 is 5.32 Å². The van der Waals surface area contributed by atoms with Gasteiger partial charge in [0.15, 0.2) is 0 Å². The molecule has 3 rings (SSSR count). The van der Waals surface area contributed by atoms with E-state index in [0.29, 0.717) is 6.54 Å². The van der Waals surface area contributed by atoms with E-state index in [9.17, 15) is 0 Å². The van der Waals surface area contributed by atoms with Gasteiger partial charge in [0, 0.05) is 6.07 Å². The van der Waals surface area contributed by atoms with Crippen molar-refractivity contribution in [2.24, 2.45) is 0 Å². The first-order valence-corrected chi connectivity index (χ1v) is 6.04. The van der Waals surface area contributed by atoms with Crippen LogP contribution >= 0.6 is 11.3 Å². The average Bonchev–Trinajstić information content (AvgIpc) is 2.97. The molecule has 0 aliphatic carbocycles. The normalized spacial score (nSPS) is 10.9. The van der Waals surface area contributed by atoms with E-state index in [-0.39, 0.29) is 0 Å². The van der Waals surface area contributed by atoms with Gasteiger partial charge in [-0.3, -0.25) is 0 Å². The molecule has 6 heteroatoms. The van der Waals surface area contributed by atoms with Gasteiger partial charge in [-0.2, -0.15) is 0 Å². The summed E-state index contributed by atoms with van der Waals surface area (Å²) < 4.78 is 4.78. The third kappa shape index (κ3) is 1.87. The molecule has 5 nitrogen and oxygen atoms in total. The number of aryl methyl sites for hydroxylation is 1. The number of hydrogen-bond acceptors (Lipinski definition) is 6. The van der Waals surface area contributed by atoms with Gasteiger partial charge in [0.2, 0.25) is 0 Å². The molecule has 0 unspecified atom stereocenters. The zero-order valence-corrected chi connectivity index (χ0v) is 9.99. The molecule has 3 aromatic rings. The monoisotopic (exact) mass is 246 g/mol. The number of rotatable bonds is 3. The van der Waals surface area contributed by atoms with Crippen LogP contribution in [0.1, 0.15) is 11.3 Å². The topological polar surface area (TPSA) is 63.8 Å². The van der Waals surface area contributed by atoms with Crippen LogP contribution in [0.25, 0.3) is 10.2 Å². The third-order valence-electron chi connectivity index (χ3n) is 2.48. The second-order valence-corrected chi connectivity index (χ2v) is 4.52. The highest BCUT2D eigenvalue weighted by Crippen LogP contribution is 2.28. The maximum absolute atomic E-state index is 4.78. The van der Waals surface area contributed by atoms with E-state index >= 15 is 0 Å². The number of aromatic nitrogens is 3. The summed E-state index contributed by atoms with van der Waals surface area (Å²) in [6, 6.07) is 1.83. The zero-order valence-electron chi connectivity index (χ0n) is 9.17. The van der Waals surface area contributed by atoms with Gasteiger partial charge in [-0.25, -0.2) is 9.97 Å². The number of anilines is 1. The predicted molar refractivity (Wildman–Crippen MR) is 66.0 cm³/mol. The molecule has 17 heavy (non-hydrogen) atoms. The van der Waals surface area contributed by atoms with Gasteiger partial charge >= 0.3 is 0 Å². The van der Waals surface area contributed by atoms with E-state index in [1.165, 1.54) is 5.56 Å². The number of fused-ring (bicyclic) bond motifs is 1. The van der Waals surface area contributed by atoms with E-state index in [4.69, 9.17) is 4.52 Å². The van der Waals surface area contributed by atoms with Crippen molar-refractivity contribution in [2.75, 3.05) is 5.32 Å². The second-order valence-electron chi connectivity index (χ2n) is 3.67. The van der Waals surface area contributed by atoms with Crippen LogP contribution in [0.2, 0.25) is 0 Å². The van der Waals surface area contributed by atoms with Crippen molar-refractivity contribution in [1.29, 1.82) is 0 Å². The van der Waals surface area contributed by atoms with Gasteiger partial charge in [-0.1, -0.05) is 5.16 Å². The molecule has 0 bridgehead atoms. The summed E-state index contributed by atoms with van der Waals surface area (Å²) in [5.74, 6) is 0.844. The molecule has 3 heterocycles. The van der Waals surface area contributed by atoms with E-state index in [1.807, 2.05) is 6.07 Å². The summed E-state index contributed by atoms with van der Waals surface area (Å²) in [6.07, 6.45) is 3.13.